The molecule has 2 amide bonds. The molecule has 0 saturated carbocycles. The van der Waals surface area contributed by atoms with Crippen LogP contribution in [0.1, 0.15) is 47.1 Å². The smallest absolute Gasteiger partial charge is 0.353 e. The van der Waals surface area contributed by atoms with E-state index in [1.54, 1.807) is 44.2 Å². The van der Waals surface area contributed by atoms with Crippen molar-refractivity contribution in [2.24, 2.45) is 23.1 Å². The SMILES string of the molecule is CC(N)C(=O)C(C(=O)O)(C(=O)OC(C)(C)C)N(C(=O)C(N)Cc1ccccc1)C(=O)C(N)C(C)C. The van der Waals surface area contributed by atoms with E-state index in [1.165, 1.54) is 20.8 Å². The number of carboxylic acids is 1. The van der Waals surface area contributed by atoms with Crippen LogP contribution in [0.3, 0.4) is 0 Å². The molecule has 0 aliphatic rings. The van der Waals surface area contributed by atoms with Crippen LogP contribution < -0.4 is 17.2 Å². The molecular weight excluding hydrogens is 456 g/mol. The van der Waals surface area contributed by atoms with Gasteiger partial charge in [-0.25, -0.2) is 14.5 Å². The number of imide groups is 1. The van der Waals surface area contributed by atoms with Crippen molar-refractivity contribution in [3.8, 4) is 0 Å². The zero-order valence-corrected chi connectivity index (χ0v) is 21.0. The van der Waals surface area contributed by atoms with Gasteiger partial charge in [-0.2, -0.15) is 0 Å². The van der Waals surface area contributed by atoms with E-state index in [-0.39, 0.29) is 11.3 Å². The van der Waals surface area contributed by atoms with Crippen molar-refractivity contribution in [2.45, 2.75) is 77.2 Å². The standard InChI is InChI=1S/C24H36N4O7/c1-13(2)17(27)20(31)28(19(30)16(26)12-15-10-8-7-9-11-15)24(21(32)33,18(29)14(3)25)22(34)35-23(4,5)6/h7-11,13-14,16-17H,12,25-27H2,1-6H3,(H,32,33). The molecule has 4 atom stereocenters. The van der Waals surface area contributed by atoms with Gasteiger partial charge in [0.25, 0.3) is 0 Å². The molecule has 0 aliphatic heterocycles. The van der Waals surface area contributed by atoms with Crippen LogP contribution in [0.4, 0.5) is 0 Å². The summed E-state index contributed by atoms with van der Waals surface area (Å²) in [6, 6.07) is 3.98. The molecule has 0 bridgehead atoms. The molecule has 11 heteroatoms. The van der Waals surface area contributed by atoms with Crippen LogP contribution in [0.2, 0.25) is 0 Å². The van der Waals surface area contributed by atoms with Crippen LogP contribution in [0.15, 0.2) is 30.3 Å². The van der Waals surface area contributed by atoms with Crippen LogP contribution >= 0.6 is 0 Å². The van der Waals surface area contributed by atoms with Gasteiger partial charge in [-0.15, -0.1) is 0 Å². The third kappa shape index (κ3) is 6.71. The Bertz CT molecular complexity index is 956. The Morgan fingerprint density at radius 2 is 1.46 bits per heavy atom. The molecule has 1 rings (SSSR count). The lowest BCUT2D eigenvalue weighted by molar-refractivity contribution is -0.189. The molecule has 4 unspecified atom stereocenters. The molecule has 0 aliphatic carbocycles. The first-order chi connectivity index (χ1) is 16.0. The van der Waals surface area contributed by atoms with E-state index in [1.807, 2.05) is 0 Å². The van der Waals surface area contributed by atoms with E-state index in [2.05, 4.69) is 0 Å². The van der Waals surface area contributed by atoms with Gasteiger partial charge in [0.05, 0.1) is 18.1 Å². The number of hydrogen-bond donors (Lipinski definition) is 4. The molecule has 0 saturated heterocycles. The zero-order chi connectivity index (χ0) is 27.3. The van der Waals surface area contributed by atoms with Crippen molar-refractivity contribution in [3.05, 3.63) is 35.9 Å². The summed E-state index contributed by atoms with van der Waals surface area (Å²) in [5.41, 5.74) is 13.7. The summed E-state index contributed by atoms with van der Waals surface area (Å²) in [4.78, 5) is 66.6. The minimum absolute atomic E-state index is 0.0490. The van der Waals surface area contributed by atoms with E-state index in [9.17, 15) is 29.1 Å². The Kier molecular flexibility index (Phi) is 9.83. The molecule has 194 valence electrons. The highest BCUT2D eigenvalue weighted by Gasteiger charge is 2.65. The van der Waals surface area contributed by atoms with Crippen LogP contribution in [-0.4, -0.2) is 68.8 Å². The number of Topliss-reactive ketones (excluding diaryl/α,β-unsaturated/α-hetero) is 1. The average Bonchev–Trinajstić information content (AvgIpc) is 2.74. The number of carbonyl (C=O) groups is 5. The number of hydrogen-bond acceptors (Lipinski definition) is 9. The number of carboxylic acid groups (broad SMARTS) is 1. The maximum absolute atomic E-state index is 13.6. The maximum atomic E-state index is 13.6. The highest BCUT2D eigenvalue weighted by Crippen LogP contribution is 2.27. The number of aliphatic carboxylic acids is 1. The summed E-state index contributed by atoms with van der Waals surface area (Å²) in [6.45, 7) is 8.54. The number of rotatable bonds is 10. The second-order valence-electron chi connectivity index (χ2n) is 9.75. The Balaban J connectivity index is 3.87. The van der Waals surface area contributed by atoms with Crippen molar-refractivity contribution in [1.82, 2.24) is 4.90 Å². The molecule has 11 nitrogen and oxygen atoms in total. The number of esters is 1. The zero-order valence-electron chi connectivity index (χ0n) is 21.0. The molecule has 0 radical (unpaired) electrons. The van der Waals surface area contributed by atoms with Crippen molar-refractivity contribution in [3.63, 3.8) is 0 Å². The van der Waals surface area contributed by atoms with Gasteiger partial charge in [0, 0.05) is 0 Å². The topological polar surface area (TPSA) is 196 Å². The van der Waals surface area contributed by atoms with E-state index in [0.29, 0.717) is 5.56 Å². The van der Waals surface area contributed by atoms with E-state index in [0.717, 1.165) is 6.92 Å². The fourth-order valence-electron chi connectivity index (χ4n) is 3.27. The largest absolute Gasteiger partial charge is 0.479 e. The van der Waals surface area contributed by atoms with Crippen molar-refractivity contribution in [2.75, 3.05) is 0 Å². The Hall–Kier alpha value is -3.15. The number of ether oxygens (including phenoxy) is 1. The third-order valence-electron chi connectivity index (χ3n) is 5.17. The molecular formula is C24H36N4O7. The fourth-order valence-corrected chi connectivity index (χ4v) is 3.27. The van der Waals surface area contributed by atoms with Crippen LogP contribution in [-0.2, 0) is 35.1 Å². The van der Waals surface area contributed by atoms with Gasteiger partial charge in [0.15, 0.2) is 5.78 Å². The van der Waals surface area contributed by atoms with E-state index >= 15 is 0 Å². The Morgan fingerprint density at radius 3 is 1.86 bits per heavy atom. The monoisotopic (exact) mass is 492 g/mol. The minimum atomic E-state index is -3.43. The van der Waals surface area contributed by atoms with Crippen LogP contribution in [0.25, 0.3) is 0 Å². The van der Waals surface area contributed by atoms with Crippen molar-refractivity contribution in [1.29, 1.82) is 0 Å². The lowest BCUT2D eigenvalue weighted by Crippen LogP contribution is -2.75. The number of amides is 2. The van der Waals surface area contributed by atoms with Gasteiger partial charge in [-0.1, -0.05) is 44.2 Å². The number of ketones is 1. The molecule has 0 heterocycles. The van der Waals surface area contributed by atoms with Gasteiger partial charge in [-0.05, 0) is 45.6 Å². The molecule has 35 heavy (non-hydrogen) atoms. The van der Waals surface area contributed by atoms with E-state index in [4.69, 9.17) is 21.9 Å². The summed E-state index contributed by atoms with van der Waals surface area (Å²) in [5, 5.41) is 10.3. The number of benzene rings is 1. The highest BCUT2D eigenvalue weighted by molar-refractivity contribution is 6.30. The highest BCUT2D eigenvalue weighted by atomic mass is 16.6. The van der Waals surface area contributed by atoms with Gasteiger partial charge >= 0.3 is 17.5 Å². The normalized spacial score (nSPS) is 15.9. The average molecular weight is 493 g/mol. The fraction of sp³-hybridized carbons (Fsp3) is 0.542. The first-order valence-electron chi connectivity index (χ1n) is 11.2. The summed E-state index contributed by atoms with van der Waals surface area (Å²) < 4.78 is 5.23. The molecule has 1 aromatic carbocycles. The lowest BCUT2D eigenvalue weighted by Gasteiger charge is -2.40. The summed E-state index contributed by atoms with van der Waals surface area (Å²) in [6.07, 6.45) is -0.114. The second kappa shape index (κ2) is 11.5. The molecule has 0 aromatic heterocycles. The molecule has 0 fully saturated rings. The van der Waals surface area contributed by atoms with Crippen LogP contribution in [0.5, 0.6) is 0 Å². The van der Waals surface area contributed by atoms with Gasteiger partial charge in [-0.3, -0.25) is 14.4 Å². The first-order valence-corrected chi connectivity index (χ1v) is 11.2. The molecule has 1 aromatic rings. The van der Waals surface area contributed by atoms with Gasteiger partial charge in [0.2, 0.25) is 11.8 Å². The lowest BCUT2D eigenvalue weighted by atomic mass is 9.85. The number of carbonyl (C=O) groups excluding carboxylic acids is 4. The van der Waals surface area contributed by atoms with Crippen LogP contribution in [0, 0.1) is 5.92 Å². The van der Waals surface area contributed by atoms with Crippen molar-refractivity contribution < 1.29 is 33.8 Å². The van der Waals surface area contributed by atoms with E-state index < -0.39 is 64.7 Å². The quantitative estimate of drug-likeness (QED) is 0.254. The van der Waals surface area contributed by atoms with Crippen molar-refractivity contribution >= 4 is 29.5 Å². The second-order valence-corrected chi connectivity index (χ2v) is 9.75. The molecule has 7 N–H and O–H groups in total. The Morgan fingerprint density at radius 1 is 0.943 bits per heavy atom. The predicted molar refractivity (Wildman–Crippen MR) is 128 cm³/mol. The summed E-state index contributed by atoms with van der Waals surface area (Å²) in [5.74, 6) is -8.32. The molecule has 0 spiro atoms. The number of nitrogens with zero attached hydrogens (tertiary/aromatic N) is 1. The maximum Gasteiger partial charge on any atom is 0.353 e. The summed E-state index contributed by atoms with van der Waals surface area (Å²) >= 11 is 0. The summed E-state index contributed by atoms with van der Waals surface area (Å²) in [7, 11) is 0. The third-order valence-corrected chi connectivity index (χ3v) is 5.17. The van der Waals surface area contributed by atoms with Gasteiger partial charge < -0.3 is 27.0 Å². The first kappa shape index (κ1) is 29.9. The predicted octanol–water partition coefficient (Wildman–Crippen LogP) is -0.0237. The minimum Gasteiger partial charge on any atom is -0.479 e. The van der Waals surface area contributed by atoms with Gasteiger partial charge in [0.1, 0.15) is 5.60 Å². The number of nitrogens with two attached hydrogens (primary N) is 3. The Labute approximate surface area is 204 Å².